The van der Waals surface area contributed by atoms with Gasteiger partial charge >= 0.3 is 0 Å². The molecule has 2 fully saturated rings. The molecule has 3 heteroatoms. The number of hydrogen-bond donors (Lipinski definition) is 1. The minimum Gasteiger partial charge on any atom is -0.385 e. The van der Waals surface area contributed by atoms with E-state index >= 15 is 0 Å². The van der Waals surface area contributed by atoms with Gasteiger partial charge in [0.25, 0.3) is 0 Å². The molecule has 1 saturated heterocycles. The summed E-state index contributed by atoms with van der Waals surface area (Å²) in [5.74, 6) is 0. The number of hydrogen-bond acceptors (Lipinski definition) is 3. The Bertz CT molecular complexity index is 442. The predicted molar refractivity (Wildman–Crippen MR) is 88.4 cm³/mol. The van der Waals surface area contributed by atoms with Crippen LogP contribution in [0.1, 0.15) is 57.6 Å². The second kappa shape index (κ2) is 6.78. The zero-order chi connectivity index (χ0) is 14.5. The molecule has 1 spiro atoms. The van der Waals surface area contributed by atoms with E-state index in [2.05, 4.69) is 34.3 Å². The van der Waals surface area contributed by atoms with E-state index in [1.165, 1.54) is 69.4 Å². The molecule has 0 radical (unpaired) electrons. The Kier molecular flexibility index (Phi) is 4.79. The molecule has 1 saturated carbocycles. The van der Waals surface area contributed by atoms with Crippen LogP contribution < -0.4 is 5.32 Å². The highest BCUT2D eigenvalue weighted by atomic mass is 15.1. The van der Waals surface area contributed by atoms with E-state index in [0.717, 1.165) is 13.1 Å². The van der Waals surface area contributed by atoms with Crippen molar-refractivity contribution in [1.82, 2.24) is 9.88 Å². The molecule has 1 aliphatic heterocycles. The Morgan fingerprint density at radius 2 is 1.90 bits per heavy atom. The van der Waals surface area contributed by atoms with Gasteiger partial charge in [0.2, 0.25) is 0 Å². The molecule has 0 aromatic carbocycles. The number of likely N-dealkylation sites (tertiary alicyclic amines) is 1. The fourth-order valence-corrected chi connectivity index (χ4v) is 4.10. The maximum absolute atomic E-state index is 4.54. The number of piperidine rings is 1. The summed E-state index contributed by atoms with van der Waals surface area (Å²) in [7, 11) is 0. The minimum atomic E-state index is 0.702. The molecule has 0 unspecified atom stereocenters. The number of nitrogens with one attached hydrogen (secondary N) is 1. The molecule has 3 nitrogen and oxygen atoms in total. The summed E-state index contributed by atoms with van der Waals surface area (Å²) in [6.45, 7) is 6.62. The topological polar surface area (TPSA) is 28.2 Å². The van der Waals surface area contributed by atoms with Crippen molar-refractivity contribution in [3.8, 4) is 0 Å². The zero-order valence-electron chi connectivity index (χ0n) is 13.4. The van der Waals surface area contributed by atoms with Crippen LogP contribution in [0.3, 0.4) is 0 Å². The van der Waals surface area contributed by atoms with Crippen LogP contribution in [-0.4, -0.2) is 29.5 Å². The van der Waals surface area contributed by atoms with Gasteiger partial charge in [-0.3, -0.25) is 9.88 Å². The molecule has 1 aromatic heterocycles. The average molecular weight is 287 g/mol. The third-order valence-corrected chi connectivity index (χ3v) is 5.41. The summed E-state index contributed by atoms with van der Waals surface area (Å²) in [5.41, 5.74) is 3.10. The first-order valence-electron chi connectivity index (χ1n) is 8.71. The normalized spacial score (nSPS) is 22.3. The molecule has 1 N–H and O–H groups in total. The monoisotopic (exact) mass is 287 g/mol. The molecule has 2 heterocycles. The predicted octanol–water partition coefficient (Wildman–Crippen LogP) is 4.06. The molecular weight excluding hydrogens is 258 g/mol. The van der Waals surface area contributed by atoms with E-state index in [1.807, 2.05) is 6.20 Å². The smallest absolute Gasteiger partial charge is 0.0564 e. The van der Waals surface area contributed by atoms with Gasteiger partial charge in [-0.1, -0.05) is 19.3 Å². The fraction of sp³-hybridized carbons (Fsp3) is 0.722. The number of rotatable bonds is 4. The van der Waals surface area contributed by atoms with Gasteiger partial charge in [-0.25, -0.2) is 0 Å². The van der Waals surface area contributed by atoms with Crippen LogP contribution >= 0.6 is 0 Å². The molecule has 1 aliphatic carbocycles. The Hall–Kier alpha value is -1.09. The van der Waals surface area contributed by atoms with E-state index in [4.69, 9.17) is 0 Å². The highest BCUT2D eigenvalue weighted by Gasteiger charge is 2.35. The Balaban J connectivity index is 1.54. The van der Waals surface area contributed by atoms with E-state index in [-0.39, 0.29) is 0 Å². The second-order valence-corrected chi connectivity index (χ2v) is 6.90. The lowest BCUT2D eigenvalue weighted by molar-refractivity contribution is 0.0635. The SMILES string of the molecule is CCNc1ccnc(CN2CCC3(CCCCC3)CC2)c1. The van der Waals surface area contributed by atoms with E-state index in [9.17, 15) is 0 Å². The van der Waals surface area contributed by atoms with Crippen molar-refractivity contribution in [2.24, 2.45) is 5.41 Å². The summed E-state index contributed by atoms with van der Waals surface area (Å²) in [6.07, 6.45) is 12.1. The highest BCUT2D eigenvalue weighted by Crippen LogP contribution is 2.44. The first kappa shape index (κ1) is 14.8. The van der Waals surface area contributed by atoms with Gasteiger partial charge in [-0.2, -0.15) is 0 Å². The molecule has 0 amide bonds. The largest absolute Gasteiger partial charge is 0.385 e. The van der Waals surface area contributed by atoms with Crippen molar-refractivity contribution in [3.63, 3.8) is 0 Å². The molecule has 2 aliphatic rings. The number of anilines is 1. The van der Waals surface area contributed by atoms with Crippen molar-refractivity contribution in [1.29, 1.82) is 0 Å². The fourth-order valence-electron chi connectivity index (χ4n) is 4.10. The van der Waals surface area contributed by atoms with Crippen LogP contribution in [0.2, 0.25) is 0 Å². The first-order chi connectivity index (χ1) is 10.3. The molecule has 21 heavy (non-hydrogen) atoms. The van der Waals surface area contributed by atoms with Crippen LogP contribution in [0.4, 0.5) is 5.69 Å². The number of aromatic nitrogens is 1. The third-order valence-electron chi connectivity index (χ3n) is 5.41. The van der Waals surface area contributed by atoms with Crippen LogP contribution in [0.25, 0.3) is 0 Å². The van der Waals surface area contributed by atoms with E-state index < -0.39 is 0 Å². The molecule has 3 rings (SSSR count). The van der Waals surface area contributed by atoms with Gasteiger partial charge < -0.3 is 5.32 Å². The Labute approximate surface area is 129 Å². The van der Waals surface area contributed by atoms with E-state index in [0.29, 0.717) is 5.41 Å². The summed E-state index contributed by atoms with van der Waals surface area (Å²) in [5, 5.41) is 3.37. The zero-order valence-corrected chi connectivity index (χ0v) is 13.4. The maximum atomic E-state index is 4.54. The molecule has 116 valence electrons. The minimum absolute atomic E-state index is 0.702. The van der Waals surface area contributed by atoms with E-state index in [1.54, 1.807) is 0 Å². The first-order valence-corrected chi connectivity index (χ1v) is 8.71. The highest BCUT2D eigenvalue weighted by molar-refractivity contribution is 5.42. The lowest BCUT2D eigenvalue weighted by Gasteiger charge is -2.44. The van der Waals surface area contributed by atoms with Crippen molar-refractivity contribution in [3.05, 3.63) is 24.0 Å². The lowest BCUT2D eigenvalue weighted by atomic mass is 9.68. The average Bonchev–Trinajstić information content (AvgIpc) is 2.52. The molecule has 0 atom stereocenters. The van der Waals surface area contributed by atoms with Crippen molar-refractivity contribution in [2.45, 2.75) is 58.4 Å². The molecule has 0 bridgehead atoms. The Morgan fingerprint density at radius 1 is 1.14 bits per heavy atom. The third kappa shape index (κ3) is 3.76. The lowest BCUT2D eigenvalue weighted by Crippen LogP contribution is -2.40. The van der Waals surface area contributed by atoms with Crippen molar-refractivity contribution in [2.75, 3.05) is 25.0 Å². The van der Waals surface area contributed by atoms with Gasteiger partial charge in [-0.05, 0) is 63.2 Å². The maximum Gasteiger partial charge on any atom is 0.0564 e. The van der Waals surface area contributed by atoms with Gasteiger partial charge in [0, 0.05) is 25.0 Å². The summed E-state index contributed by atoms with van der Waals surface area (Å²) in [4.78, 5) is 7.13. The van der Waals surface area contributed by atoms with Gasteiger partial charge in [0.05, 0.1) is 5.69 Å². The summed E-state index contributed by atoms with van der Waals surface area (Å²) in [6, 6.07) is 4.26. The van der Waals surface area contributed by atoms with Gasteiger partial charge in [0.15, 0.2) is 0 Å². The van der Waals surface area contributed by atoms with Gasteiger partial charge in [-0.15, -0.1) is 0 Å². The number of pyridine rings is 1. The van der Waals surface area contributed by atoms with Gasteiger partial charge in [0.1, 0.15) is 0 Å². The Morgan fingerprint density at radius 3 is 2.62 bits per heavy atom. The van der Waals surface area contributed by atoms with Crippen LogP contribution in [0, 0.1) is 5.41 Å². The van der Waals surface area contributed by atoms with Crippen molar-refractivity contribution < 1.29 is 0 Å². The standard InChI is InChI=1S/C18H29N3/c1-2-19-16-6-11-20-17(14-16)15-21-12-9-18(10-13-21)7-4-3-5-8-18/h6,11,14H,2-5,7-10,12-13,15H2,1H3,(H,19,20). The molecular formula is C18H29N3. The molecule has 1 aromatic rings. The summed E-state index contributed by atoms with van der Waals surface area (Å²) < 4.78 is 0. The number of nitrogens with zero attached hydrogens (tertiary/aromatic N) is 2. The quantitative estimate of drug-likeness (QED) is 0.905. The van der Waals surface area contributed by atoms with Crippen LogP contribution in [-0.2, 0) is 6.54 Å². The summed E-state index contributed by atoms with van der Waals surface area (Å²) >= 11 is 0. The van der Waals surface area contributed by atoms with Crippen molar-refractivity contribution >= 4 is 5.69 Å². The van der Waals surface area contributed by atoms with Crippen LogP contribution in [0.15, 0.2) is 18.3 Å². The second-order valence-electron chi connectivity index (χ2n) is 6.90. The van der Waals surface area contributed by atoms with Crippen LogP contribution in [0.5, 0.6) is 0 Å².